The van der Waals surface area contributed by atoms with Crippen LogP contribution >= 0.6 is 0 Å². The number of nitrogens with one attached hydrogen (secondary N) is 2. The van der Waals surface area contributed by atoms with Gasteiger partial charge in [-0.15, -0.1) is 0 Å². The maximum absolute atomic E-state index is 12.8. The van der Waals surface area contributed by atoms with Crippen molar-refractivity contribution in [3.8, 4) is 0 Å². The van der Waals surface area contributed by atoms with Crippen LogP contribution in [0.1, 0.15) is 12.5 Å². The van der Waals surface area contributed by atoms with E-state index in [1.807, 2.05) is 13.0 Å². The van der Waals surface area contributed by atoms with E-state index in [1.54, 1.807) is 6.07 Å². The fourth-order valence-corrected chi connectivity index (χ4v) is 1.23. The average molecular weight is 210 g/mol. The van der Waals surface area contributed by atoms with Crippen molar-refractivity contribution in [1.29, 1.82) is 0 Å². The van der Waals surface area contributed by atoms with Gasteiger partial charge in [0.1, 0.15) is 5.82 Å². The molecule has 0 saturated heterocycles. The van der Waals surface area contributed by atoms with E-state index < -0.39 is 0 Å². The Morgan fingerprint density at radius 2 is 2.27 bits per heavy atom. The lowest BCUT2D eigenvalue weighted by molar-refractivity contribution is -0.120. The van der Waals surface area contributed by atoms with Crippen molar-refractivity contribution in [2.24, 2.45) is 0 Å². The van der Waals surface area contributed by atoms with Crippen LogP contribution in [0.4, 0.5) is 4.39 Å². The summed E-state index contributed by atoms with van der Waals surface area (Å²) in [6, 6.07) is 6.31. The van der Waals surface area contributed by atoms with E-state index >= 15 is 0 Å². The highest BCUT2D eigenvalue weighted by Gasteiger charge is 1.99. The molecule has 0 atom stereocenters. The van der Waals surface area contributed by atoms with Crippen LogP contribution in [0, 0.1) is 5.82 Å². The number of hydrogen-bond donors (Lipinski definition) is 2. The molecule has 0 fully saturated rings. The van der Waals surface area contributed by atoms with E-state index in [9.17, 15) is 9.18 Å². The summed E-state index contributed by atoms with van der Waals surface area (Å²) >= 11 is 0. The number of carbonyl (C=O) groups excluding carboxylic acids is 1. The first-order valence-corrected chi connectivity index (χ1v) is 4.94. The summed E-state index contributed by atoms with van der Waals surface area (Å²) in [6.45, 7) is 3.24. The van der Waals surface area contributed by atoms with Crippen molar-refractivity contribution in [1.82, 2.24) is 10.6 Å². The highest BCUT2D eigenvalue weighted by molar-refractivity contribution is 5.77. The monoisotopic (exact) mass is 210 g/mol. The van der Waals surface area contributed by atoms with Gasteiger partial charge in [-0.3, -0.25) is 4.79 Å². The highest BCUT2D eigenvalue weighted by atomic mass is 19.1. The molecule has 82 valence electrons. The number of likely N-dealkylation sites (N-methyl/N-ethyl adjacent to an activating group) is 1. The van der Waals surface area contributed by atoms with Crippen molar-refractivity contribution >= 4 is 5.91 Å². The summed E-state index contributed by atoms with van der Waals surface area (Å²) in [7, 11) is 0. The van der Waals surface area contributed by atoms with Gasteiger partial charge in [-0.2, -0.15) is 0 Å². The molecule has 15 heavy (non-hydrogen) atoms. The molecule has 0 spiro atoms. The normalized spacial score (nSPS) is 10.0. The zero-order valence-electron chi connectivity index (χ0n) is 8.72. The largest absolute Gasteiger partial charge is 0.355 e. The molecule has 1 aromatic rings. The van der Waals surface area contributed by atoms with Crippen LogP contribution in [0.2, 0.25) is 0 Å². The lowest BCUT2D eigenvalue weighted by Gasteiger charge is -2.04. The highest BCUT2D eigenvalue weighted by Crippen LogP contribution is 2.02. The van der Waals surface area contributed by atoms with Crippen molar-refractivity contribution in [2.45, 2.75) is 13.5 Å². The van der Waals surface area contributed by atoms with Gasteiger partial charge in [-0.25, -0.2) is 4.39 Å². The quantitative estimate of drug-likeness (QED) is 0.762. The second kappa shape index (κ2) is 6.14. The Bertz CT molecular complexity index is 328. The predicted octanol–water partition coefficient (Wildman–Crippen LogP) is 1.05. The maximum atomic E-state index is 12.8. The standard InChI is InChI=1S/C11H15FN2O/c1-2-14-11(15)8-13-7-9-4-3-5-10(12)6-9/h3-6,13H,2,7-8H2,1H3,(H,14,15). The number of hydrogen-bond acceptors (Lipinski definition) is 2. The van der Waals surface area contributed by atoms with Crippen LogP contribution in [0.15, 0.2) is 24.3 Å². The van der Waals surface area contributed by atoms with E-state index in [4.69, 9.17) is 0 Å². The number of carbonyl (C=O) groups is 1. The molecule has 0 radical (unpaired) electrons. The zero-order valence-corrected chi connectivity index (χ0v) is 8.72. The van der Waals surface area contributed by atoms with Crippen LogP contribution in [0.5, 0.6) is 0 Å². The summed E-state index contributed by atoms with van der Waals surface area (Å²) in [6.07, 6.45) is 0. The minimum Gasteiger partial charge on any atom is -0.355 e. The van der Waals surface area contributed by atoms with Crippen molar-refractivity contribution in [3.05, 3.63) is 35.6 Å². The first kappa shape index (κ1) is 11.7. The average Bonchev–Trinajstić information content (AvgIpc) is 2.18. The Kier molecular flexibility index (Phi) is 4.77. The van der Waals surface area contributed by atoms with Crippen LogP contribution < -0.4 is 10.6 Å². The van der Waals surface area contributed by atoms with E-state index in [2.05, 4.69) is 10.6 Å². The first-order valence-electron chi connectivity index (χ1n) is 4.94. The summed E-state index contributed by atoms with van der Waals surface area (Å²) in [5, 5.41) is 5.60. The fourth-order valence-electron chi connectivity index (χ4n) is 1.23. The molecule has 0 aliphatic carbocycles. The van der Waals surface area contributed by atoms with Crippen molar-refractivity contribution < 1.29 is 9.18 Å². The van der Waals surface area contributed by atoms with E-state index in [-0.39, 0.29) is 18.3 Å². The molecular formula is C11H15FN2O. The Labute approximate surface area is 88.7 Å². The second-order valence-electron chi connectivity index (χ2n) is 3.19. The smallest absolute Gasteiger partial charge is 0.233 e. The number of benzene rings is 1. The molecule has 1 rings (SSSR count). The van der Waals surface area contributed by atoms with Gasteiger partial charge < -0.3 is 10.6 Å². The Morgan fingerprint density at radius 1 is 1.47 bits per heavy atom. The number of amides is 1. The third-order valence-corrected chi connectivity index (χ3v) is 1.88. The number of rotatable bonds is 5. The van der Waals surface area contributed by atoms with Gasteiger partial charge in [0.2, 0.25) is 5.91 Å². The minimum atomic E-state index is -0.257. The lowest BCUT2D eigenvalue weighted by Crippen LogP contribution is -2.33. The Hall–Kier alpha value is -1.42. The third kappa shape index (κ3) is 4.56. The van der Waals surface area contributed by atoms with Gasteiger partial charge in [0.15, 0.2) is 0 Å². The molecule has 0 aliphatic rings. The summed E-state index contributed by atoms with van der Waals surface area (Å²) in [5.41, 5.74) is 0.833. The van der Waals surface area contributed by atoms with Gasteiger partial charge in [-0.05, 0) is 24.6 Å². The SMILES string of the molecule is CCNC(=O)CNCc1cccc(F)c1. The second-order valence-corrected chi connectivity index (χ2v) is 3.19. The molecule has 0 bridgehead atoms. The topological polar surface area (TPSA) is 41.1 Å². The van der Waals surface area contributed by atoms with Gasteiger partial charge >= 0.3 is 0 Å². The van der Waals surface area contributed by atoms with E-state index in [1.165, 1.54) is 12.1 Å². The van der Waals surface area contributed by atoms with Gasteiger partial charge in [0.25, 0.3) is 0 Å². The molecule has 0 saturated carbocycles. The van der Waals surface area contributed by atoms with Crippen LogP contribution in [0.25, 0.3) is 0 Å². The Morgan fingerprint density at radius 3 is 2.93 bits per heavy atom. The molecule has 0 unspecified atom stereocenters. The van der Waals surface area contributed by atoms with Crippen LogP contribution in [0.3, 0.4) is 0 Å². The minimum absolute atomic E-state index is 0.0473. The zero-order chi connectivity index (χ0) is 11.1. The first-order chi connectivity index (χ1) is 7.22. The number of halogens is 1. The summed E-state index contributed by atoms with van der Waals surface area (Å²) < 4.78 is 12.8. The predicted molar refractivity (Wildman–Crippen MR) is 56.8 cm³/mol. The maximum Gasteiger partial charge on any atom is 0.233 e. The molecular weight excluding hydrogens is 195 g/mol. The van der Waals surface area contributed by atoms with Gasteiger partial charge in [-0.1, -0.05) is 12.1 Å². The fraction of sp³-hybridized carbons (Fsp3) is 0.364. The molecule has 3 nitrogen and oxygen atoms in total. The Balaban J connectivity index is 2.28. The lowest BCUT2D eigenvalue weighted by atomic mass is 10.2. The molecule has 4 heteroatoms. The molecule has 2 N–H and O–H groups in total. The summed E-state index contributed by atoms with van der Waals surface area (Å²) in [5.74, 6) is -0.304. The van der Waals surface area contributed by atoms with E-state index in [0.29, 0.717) is 13.1 Å². The van der Waals surface area contributed by atoms with Crippen LogP contribution in [-0.2, 0) is 11.3 Å². The van der Waals surface area contributed by atoms with Crippen molar-refractivity contribution in [2.75, 3.05) is 13.1 Å². The molecule has 0 aromatic heterocycles. The van der Waals surface area contributed by atoms with E-state index in [0.717, 1.165) is 5.56 Å². The molecule has 0 aliphatic heterocycles. The van der Waals surface area contributed by atoms with Gasteiger partial charge in [0, 0.05) is 13.1 Å². The summed E-state index contributed by atoms with van der Waals surface area (Å²) in [4.78, 5) is 11.1. The van der Waals surface area contributed by atoms with Crippen molar-refractivity contribution in [3.63, 3.8) is 0 Å². The third-order valence-electron chi connectivity index (χ3n) is 1.88. The molecule has 0 heterocycles. The van der Waals surface area contributed by atoms with Gasteiger partial charge in [0.05, 0.1) is 6.54 Å². The molecule has 1 amide bonds. The van der Waals surface area contributed by atoms with Crippen LogP contribution in [-0.4, -0.2) is 19.0 Å². The molecule has 1 aromatic carbocycles.